The van der Waals surface area contributed by atoms with Crippen LogP contribution < -0.4 is 5.73 Å². The molecule has 0 aliphatic heterocycles. The quantitative estimate of drug-likeness (QED) is 0.628. The fraction of sp³-hybridized carbons (Fsp3) is 0.368. The van der Waals surface area contributed by atoms with Gasteiger partial charge in [0.2, 0.25) is 0 Å². The molecule has 0 saturated carbocycles. The first kappa shape index (κ1) is 17.2. The van der Waals surface area contributed by atoms with Gasteiger partial charge in [0.1, 0.15) is 6.54 Å². The first-order valence-corrected chi connectivity index (χ1v) is 7.68. The highest BCUT2D eigenvalue weighted by Gasteiger charge is 2.29. The van der Waals surface area contributed by atoms with E-state index in [1.54, 1.807) is 7.11 Å². The number of hydrogen-bond acceptors (Lipinski definition) is 4. The standard InChI is InChI=1S/C19H24N2O2/c1-19(2,3)18(23-4)16-11-13(12-21-22)9-10-14(16)15-7-5-6-8-17(15)20/h5-11,18H,12,20H2,1-4H3/t18-/m0/s1. The van der Waals surface area contributed by atoms with Crippen molar-refractivity contribution in [3.63, 3.8) is 0 Å². The topological polar surface area (TPSA) is 64.7 Å². The maximum atomic E-state index is 10.6. The molecule has 4 nitrogen and oxygen atoms in total. The molecule has 2 rings (SSSR count). The summed E-state index contributed by atoms with van der Waals surface area (Å²) in [6.07, 6.45) is -0.122. The lowest BCUT2D eigenvalue weighted by Gasteiger charge is -2.32. The van der Waals surface area contributed by atoms with Gasteiger partial charge in [-0.05, 0) is 28.2 Å². The summed E-state index contributed by atoms with van der Waals surface area (Å²) in [5, 5.41) is 3.00. The van der Waals surface area contributed by atoms with E-state index in [1.165, 1.54) is 0 Å². The van der Waals surface area contributed by atoms with Crippen LogP contribution in [0, 0.1) is 10.3 Å². The van der Waals surface area contributed by atoms with Gasteiger partial charge in [-0.15, -0.1) is 0 Å². The second kappa shape index (κ2) is 6.92. The Labute approximate surface area is 137 Å². The monoisotopic (exact) mass is 312 g/mol. The fourth-order valence-electron chi connectivity index (χ4n) is 2.94. The zero-order valence-electron chi connectivity index (χ0n) is 14.2. The van der Waals surface area contributed by atoms with Crippen LogP contribution in [-0.2, 0) is 11.3 Å². The summed E-state index contributed by atoms with van der Waals surface area (Å²) in [4.78, 5) is 10.6. The number of methoxy groups -OCH3 is 1. The summed E-state index contributed by atoms with van der Waals surface area (Å²) in [6.45, 7) is 6.54. The normalized spacial score (nSPS) is 12.9. The van der Waals surface area contributed by atoms with Crippen molar-refractivity contribution >= 4 is 5.69 Å². The average molecular weight is 312 g/mol. The SMILES string of the molecule is CO[C@@H](c1cc(CN=O)ccc1-c1ccccc1N)C(C)(C)C. The molecule has 0 bridgehead atoms. The Hall–Kier alpha value is -2.20. The Morgan fingerprint density at radius 3 is 2.39 bits per heavy atom. The fourth-order valence-corrected chi connectivity index (χ4v) is 2.94. The largest absolute Gasteiger partial charge is 0.398 e. The smallest absolute Gasteiger partial charge is 0.106 e. The molecule has 1 atom stereocenters. The van der Waals surface area contributed by atoms with Crippen LogP contribution in [0.15, 0.2) is 47.6 Å². The van der Waals surface area contributed by atoms with Crippen molar-refractivity contribution in [2.24, 2.45) is 10.6 Å². The van der Waals surface area contributed by atoms with Gasteiger partial charge in [0, 0.05) is 18.4 Å². The second-order valence-electron chi connectivity index (χ2n) is 6.78. The van der Waals surface area contributed by atoms with Crippen molar-refractivity contribution < 1.29 is 4.74 Å². The lowest BCUT2D eigenvalue weighted by molar-refractivity contribution is 0.0156. The molecule has 0 unspecified atom stereocenters. The zero-order chi connectivity index (χ0) is 17.0. The van der Waals surface area contributed by atoms with Gasteiger partial charge in [0.25, 0.3) is 0 Å². The van der Waals surface area contributed by atoms with Crippen molar-refractivity contribution in [3.8, 4) is 11.1 Å². The van der Waals surface area contributed by atoms with Crippen LogP contribution in [-0.4, -0.2) is 7.11 Å². The Morgan fingerprint density at radius 2 is 1.83 bits per heavy atom. The van der Waals surface area contributed by atoms with E-state index in [0.29, 0.717) is 0 Å². The van der Waals surface area contributed by atoms with Gasteiger partial charge in [-0.2, -0.15) is 4.91 Å². The molecule has 0 radical (unpaired) electrons. The molecule has 0 fully saturated rings. The highest BCUT2D eigenvalue weighted by molar-refractivity contribution is 5.79. The van der Waals surface area contributed by atoms with E-state index in [9.17, 15) is 4.91 Å². The Balaban J connectivity index is 2.67. The summed E-state index contributed by atoms with van der Waals surface area (Å²) in [7, 11) is 1.71. The molecule has 0 amide bonds. The minimum absolute atomic E-state index is 0.0970. The van der Waals surface area contributed by atoms with Crippen molar-refractivity contribution in [3.05, 3.63) is 58.5 Å². The molecular weight excluding hydrogens is 288 g/mol. The Kier molecular flexibility index (Phi) is 5.16. The molecule has 4 heteroatoms. The third-order valence-corrected chi connectivity index (χ3v) is 3.92. The zero-order valence-corrected chi connectivity index (χ0v) is 14.2. The molecule has 2 aromatic rings. The predicted molar refractivity (Wildman–Crippen MR) is 95.0 cm³/mol. The number of nitrogens with zero attached hydrogens (tertiary/aromatic N) is 1. The number of benzene rings is 2. The number of anilines is 1. The van der Waals surface area contributed by atoms with Gasteiger partial charge in [-0.25, -0.2) is 0 Å². The van der Waals surface area contributed by atoms with Crippen LogP contribution in [0.2, 0.25) is 0 Å². The van der Waals surface area contributed by atoms with Crippen molar-refractivity contribution in [1.29, 1.82) is 0 Å². The number of hydrogen-bond donors (Lipinski definition) is 1. The minimum Gasteiger partial charge on any atom is -0.398 e. The third-order valence-electron chi connectivity index (χ3n) is 3.92. The van der Waals surface area contributed by atoms with Gasteiger partial charge in [0.05, 0.1) is 6.10 Å². The van der Waals surface area contributed by atoms with Crippen LogP contribution >= 0.6 is 0 Å². The van der Waals surface area contributed by atoms with Crippen LogP contribution in [0.1, 0.15) is 38.0 Å². The molecule has 2 aromatic carbocycles. The second-order valence-corrected chi connectivity index (χ2v) is 6.78. The maximum Gasteiger partial charge on any atom is 0.106 e. The Bertz CT molecular complexity index is 690. The molecule has 23 heavy (non-hydrogen) atoms. The third kappa shape index (κ3) is 3.77. The van der Waals surface area contributed by atoms with E-state index in [0.717, 1.165) is 27.9 Å². The molecule has 122 valence electrons. The number of ether oxygens (including phenoxy) is 1. The van der Waals surface area contributed by atoms with Crippen LogP contribution in [0.4, 0.5) is 5.69 Å². The van der Waals surface area contributed by atoms with Crippen molar-refractivity contribution in [1.82, 2.24) is 0 Å². The first-order valence-electron chi connectivity index (χ1n) is 7.68. The van der Waals surface area contributed by atoms with E-state index < -0.39 is 0 Å². The van der Waals surface area contributed by atoms with Gasteiger partial charge < -0.3 is 10.5 Å². The highest BCUT2D eigenvalue weighted by atomic mass is 16.5. The maximum absolute atomic E-state index is 10.6. The van der Waals surface area contributed by atoms with Crippen LogP contribution in [0.3, 0.4) is 0 Å². The molecule has 0 aliphatic carbocycles. The highest BCUT2D eigenvalue weighted by Crippen LogP contribution is 2.42. The van der Waals surface area contributed by atoms with Crippen molar-refractivity contribution in [2.45, 2.75) is 33.4 Å². The molecule has 0 aromatic heterocycles. The first-order chi connectivity index (χ1) is 10.9. The number of rotatable bonds is 5. The molecular formula is C19H24N2O2. The lowest BCUT2D eigenvalue weighted by Crippen LogP contribution is -2.21. The van der Waals surface area contributed by atoms with E-state index in [1.807, 2.05) is 42.5 Å². The summed E-state index contributed by atoms with van der Waals surface area (Å²) < 4.78 is 5.79. The molecule has 0 aliphatic rings. The molecule has 2 N–H and O–H groups in total. The van der Waals surface area contributed by atoms with E-state index in [2.05, 4.69) is 25.9 Å². The van der Waals surface area contributed by atoms with Gasteiger partial charge in [-0.1, -0.05) is 62.3 Å². The average Bonchev–Trinajstić information content (AvgIpc) is 2.48. The minimum atomic E-state index is -0.122. The van der Waals surface area contributed by atoms with Crippen molar-refractivity contribution in [2.75, 3.05) is 12.8 Å². The van der Waals surface area contributed by atoms with E-state index in [4.69, 9.17) is 10.5 Å². The predicted octanol–water partition coefficient (Wildman–Crippen LogP) is 4.94. The Morgan fingerprint density at radius 1 is 1.13 bits per heavy atom. The summed E-state index contributed by atoms with van der Waals surface area (Å²) in [5.41, 5.74) is 10.7. The molecule has 0 heterocycles. The summed E-state index contributed by atoms with van der Waals surface area (Å²) in [5.74, 6) is 0. The molecule has 0 spiro atoms. The van der Waals surface area contributed by atoms with E-state index >= 15 is 0 Å². The number of nitrogen functional groups attached to an aromatic ring is 1. The van der Waals surface area contributed by atoms with Crippen LogP contribution in [0.5, 0.6) is 0 Å². The van der Waals surface area contributed by atoms with E-state index in [-0.39, 0.29) is 18.1 Å². The van der Waals surface area contributed by atoms with Crippen LogP contribution in [0.25, 0.3) is 11.1 Å². The van der Waals surface area contributed by atoms with Gasteiger partial charge in [0.15, 0.2) is 0 Å². The molecule has 0 saturated heterocycles. The number of para-hydroxylation sites is 1. The number of nitroso groups, excluding NO2 is 1. The number of nitrogens with two attached hydrogens (primary N) is 1. The summed E-state index contributed by atoms with van der Waals surface area (Å²) >= 11 is 0. The van der Waals surface area contributed by atoms with Gasteiger partial charge in [-0.3, -0.25) is 0 Å². The summed E-state index contributed by atoms with van der Waals surface area (Å²) in [6, 6.07) is 13.7. The van der Waals surface area contributed by atoms with Gasteiger partial charge >= 0.3 is 0 Å². The lowest BCUT2D eigenvalue weighted by atomic mass is 9.81.